The van der Waals surface area contributed by atoms with E-state index in [1.165, 1.54) is 6.20 Å². The van der Waals surface area contributed by atoms with Gasteiger partial charge in [0.05, 0.1) is 6.54 Å². The van der Waals surface area contributed by atoms with E-state index in [1.807, 2.05) is 0 Å². The molecule has 172 valence electrons. The van der Waals surface area contributed by atoms with E-state index < -0.39 is 5.60 Å². The van der Waals surface area contributed by atoms with Gasteiger partial charge in [0.15, 0.2) is 11.4 Å². The molecule has 0 bridgehead atoms. The highest BCUT2D eigenvalue weighted by atomic mass is 35.5. The maximum absolute atomic E-state index is 12.7. The fraction of sp³-hybridized carbons (Fsp3) is 0.200. The summed E-state index contributed by atoms with van der Waals surface area (Å²) in [6, 6.07) is 13.1. The predicted octanol–water partition coefficient (Wildman–Crippen LogP) is 4.60. The summed E-state index contributed by atoms with van der Waals surface area (Å²) >= 11 is 5.87. The quantitative estimate of drug-likeness (QED) is 0.231. The Kier molecular flexibility index (Phi) is 9.12. The fourth-order valence-corrected chi connectivity index (χ4v) is 2.72. The van der Waals surface area contributed by atoms with Crippen molar-refractivity contribution >= 4 is 41.6 Å². The third-order valence-electron chi connectivity index (χ3n) is 4.50. The first-order valence-corrected chi connectivity index (χ1v) is 10.5. The highest BCUT2D eigenvalue weighted by Crippen LogP contribution is 2.22. The van der Waals surface area contributed by atoms with E-state index in [0.29, 0.717) is 27.6 Å². The van der Waals surface area contributed by atoms with E-state index in [-0.39, 0.29) is 24.1 Å². The van der Waals surface area contributed by atoms with Crippen LogP contribution in [0.3, 0.4) is 0 Å². The molecular weight excluding hydrogens is 442 g/mol. The number of anilines is 1. The van der Waals surface area contributed by atoms with E-state index in [2.05, 4.69) is 22.3 Å². The number of hydrogen-bond acceptors (Lipinski definition) is 5. The van der Waals surface area contributed by atoms with Gasteiger partial charge in [0, 0.05) is 28.0 Å². The van der Waals surface area contributed by atoms with Crippen LogP contribution in [0.15, 0.2) is 77.4 Å². The molecule has 0 saturated carbocycles. The monoisotopic (exact) mass is 467 g/mol. The van der Waals surface area contributed by atoms with E-state index >= 15 is 0 Å². The number of amides is 2. The second kappa shape index (κ2) is 11.8. The molecule has 7 nitrogen and oxygen atoms in total. The van der Waals surface area contributed by atoms with Crippen LogP contribution >= 0.6 is 11.6 Å². The highest BCUT2D eigenvalue weighted by molar-refractivity contribution is 6.30. The molecule has 2 aromatic rings. The average Bonchev–Trinajstić information content (AvgIpc) is 2.79. The van der Waals surface area contributed by atoms with Gasteiger partial charge in [-0.25, -0.2) is 0 Å². The van der Waals surface area contributed by atoms with Crippen molar-refractivity contribution in [2.24, 2.45) is 4.99 Å². The Morgan fingerprint density at radius 2 is 1.73 bits per heavy atom. The van der Waals surface area contributed by atoms with Gasteiger partial charge in [-0.05, 0) is 82.1 Å². The Balaban J connectivity index is 1.92. The van der Waals surface area contributed by atoms with E-state index in [0.717, 1.165) is 0 Å². The van der Waals surface area contributed by atoms with Crippen LogP contribution in [0.1, 0.15) is 31.1 Å². The summed E-state index contributed by atoms with van der Waals surface area (Å²) in [6.07, 6.45) is 4.61. The molecule has 0 heterocycles. The molecule has 0 saturated heterocycles. The van der Waals surface area contributed by atoms with Crippen LogP contribution in [0.4, 0.5) is 5.69 Å². The van der Waals surface area contributed by atoms with Crippen LogP contribution in [0.25, 0.3) is 0 Å². The smallest absolute Gasteiger partial charge is 0.267 e. The van der Waals surface area contributed by atoms with Crippen LogP contribution in [-0.2, 0) is 9.59 Å². The van der Waals surface area contributed by atoms with Gasteiger partial charge in [-0.3, -0.25) is 19.4 Å². The normalized spacial score (nSPS) is 11.7. The number of benzene rings is 2. The number of aliphatic imine (C=N–C) groups is 1. The number of nitrogens with zero attached hydrogens (tertiary/aromatic N) is 1. The number of nitrogens with one attached hydrogen (secondary N) is 2. The van der Waals surface area contributed by atoms with Gasteiger partial charge >= 0.3 is 0 Å². The number of ether oxygens (including phenoxy) is 1. The lowest BCUT2D eigenvalue weighted by Gasteiger charge is -2.25. The number of Topliss-reactive ketones (excluding diaryl/α,β-unsaturated/α-hetero) is 1. The lowest BCUT2D eigenvalue weighted by molar-refractivity contribution is -0.128. The molecule has 0 aliphatic heterocycles. The fourth-order valence-electron chi connectivity index (χ4n) is 2.59. The summed E-state index contributed by atoms with van der Waals surface area (Å²) in [6.45, 7) is 8.08. The Morgan fingerprint density at radius 3 is 2.33 bits per heavy atom. The number of carbonyl (C=O) groups is 3. The zero-order valence-electron chi connectivity index (χ0n) is 18.7. The van der Waals surface area contributed by atoms with Crippen molar-refractivity contribution in [3.8, 4) is 5.75 Å². The van der Waals surface area contributed by atoms with Crippen LogP contribution < -0.4 is 15.4 Å². The molecule has 0 radical (unpaired) electrons. The third-order valence-corrected chi connectivity index (χ3v) is 4.76. The summed E-state index contributed by atoms with van der Waals surface area (Å²) in [4.78, 5) is 40.6. The van der Waals surface area contributed by atoms with Crippen molar-refractivity contribution in [1.82, 2.24) is 5.32 Å². The number of ketones is 1. The first-order chi connectivity index (χ1) is 15.6. The lowest BCUT2D eigenvalue weighted by atomic mass is 10.1. The zero-order chi connectivity index (χ0) is 24.4. The molecule has 0 aromatic heterocycles. The Morgan fingerprint density at radius 1 is 1.09 bits per heavy atom. The van der Waals surface area contributed by atoms with Gasteiger partial charge in [0.25, 0.3) is 5.91 Å². The minimum Gasteiger partial charge on any atom is -0.478 e. The summed E-state index contributed by atoms with van der Waals surface area (Å²) in [7, 11) is 0. The molecule has 2 amide bonds. The summed E-state index contributed by atoms with van der Waals surface area (Å²) in [5, 5.41) is 5.91. The summed E-state index contributed by atoms with van der Waals surface area (Å²) in [5.74, 6) is -0.458. The Labute approximate surface area is 198 Å². The van der Waals surface area contributed by atoms with Crippen molar-refractivity contribution in [2.75, 3.05) is 11.9 Å². The molecule has 2 rings (SSSR count). The Bertz CT molecular complexity index is 1070. The van der Waals surface area contributed by atoms with Crippen LogP contribution in [0.5, 0.6) is 5.75 Å². The topological polar surface area (TPSA) is 96.9 Å². The van der Waals surface area contributed by atoms with Gasteiger partial charge in [0.2, 0.25) is 5.91 Å². The van der Waals surface area contributed by atoms with Crippen molar-refractivity contribution < 1.29 is 19.1 Å². The van der Waals surface area contributed by atoms with Crippen LogP contribution in [-0.4, -0.2) is 36.5 Å². The van der Waals surface area contributed by atoms with Gasteiger partial charge in [-0.1, -0.05) is 17.7 Å². The van der Waals surface area contributed by atoms with Gasteiger partial charge in [0.1, 0.15) is 5.75 Å². The molecule has 2 aromatic carbocycles. The minimum atomic E-state index is -1.14. The van der Waals surface area contributed by atoms with Crippen LogP contribution in [0.2, 0.25) is 5.02 Å². The zero-order valence-corrected chi connectivity index (χ0v) is 19.5. The second-order valence-electron chi connectivity index (χ2n) is 7.58. The first-order valence-electron chi connectivity index (χ1n) is 10.1. The predicted molar refractivity (Wildman–Crippen MR) is 131 cm³/mol. The Hall–Kier alpha value is -3.71. The number of halogens is 1. The number of allylic oxidation sites excluding steroid dienone is 2. The third kappa shape index (κ3) is 8.05. The lowest BCUT2D eigenvalue weighted by Crippen LogP contribution is -2.42. The van der Waals surface area contributed by atoms with Crippen molar-refractivity contribution in [1.29, 1.82) is 0 Å². The molecule has 0 atom stereocenters. The molecule has 8 heteroatoms. The van der Waals surface area contributed by atoms with Gasteiger partial charge < -0.3 is 15.4 Å². The van der Waals surface area contributed by atoms with Crippen molar-refractivity contribution in [2.45, 2.75) is 26.4 Å². The van der Waals surface area contributed by atoms with Crippen molar-refractivity contribution in [3.63, 3.8) is 0 Å². The van der Waals surface area contributed by atoms with Gasteiger partial charge in [-0.15, -0.1) is 0 Å². The van der Waals surface area contributed by atoms with Crippen molar-refractivity contribution in [3.05, 3.63) is 83.0 Å². The molecule has 2 N–H and O–H groups in total. The molecule has 0 aliphatic carbocycles. The van der Waals surface area contributed by atoms with Gasteiger partial charge in [-0.2, -0.15) is 0 Å². The number of hydrogen-bond donors (Lipinski definition) is 2. The molecule has 0 spiro atoms. The molecule has 0 fully saturated rings. The average molecular weight is 468 g/mol. The molecular formula is C25H26ClN3O4. The summed E-state index contributed by atoms with van der Waals surface area (Å²) in [5.41, 5.74) is 0.204. The maximum atomic E-state index is 12.7. The second-order valence-corrected chi connectivity index (χ2v) is 8.01. The number of carbonyl (C=O) groups excluding carboxylic acids is 3. The van der Waals surface area contributed by atoms with E-state index in [4.69, 9.17) is 16.3 Å². The first kappa shape index (κ1) is 25.5. The molecule has 0 aliphatic rings. The highest BCUT2D eigenvalue weighted by Gasteiger charge is 2.30. The standard InChI is InChI=1S/C25H26ClN3O4/c1-17(6-5-15-27-4)23(31)28-16-22(30)18-7-11-20(12-8-18)29-24(32)25(2,3)33-21-13-9-19(26)10-14-21/h5-15H,4,16H2,1-3H3,(H,28,31)(H,29,32)/b15-5-,17-6+. The largest absolute Gasteiger partial charge is 0.478 e. The van der Waals surface area contributed by atoms with E-state index in [9.17, 15) is 14.4 Å². The molecule has 33 heavy (non-hydrogen) atoms. The molecule has 0 unspecified atom stereocenters. The number of rotatable bonds is 10. The summed E-state index contributed by atoms with van der Waals surface area (Å²) < 4.78 is 5.78. The van der Waals surface area contributed by atoms with E-state index in [1.54, 1.807) is 81.5 Å². The minimum absolute atomic E-state index is 0.152. The SMILES string of the molecule is C=N/C=C\C=C(/C)C(=O)NCC(=O)c1ccc(NC(=O)C(C)(C)Oc2ccc(Cl)cc2)cc1. The maximum Gasteiger partial charge on any atom is 0.267 e. The van der Waals surface area contributed by atoms with Crippen LogP contribution in [0, 0.1) is 0 Å².